The number of nitrogens with one attached hydrogen (secondary N) is 2. The molecule has 1 aromatic rings. The third-order valence-electron chi connectivity index (χ3n) is 3.89. The molecule has 162 valence electrons. The lowest BCUT2D eigenvalue weighted by Crippen LogP contribution is -2.39. The Labute approximate surface area is 171 Å². The van der Waals surface area contributed by atoms with Crippen molar-refractivity contribution in [3.8, 4) is 0 Å². The van der Waals surface area contributed by atoms with Crippen LogP contribution in [0.25, 0.3) is 0 Å². The van der Waals surface area contributed by atoms with Gasteiger partial charge < -0.3 is 30.1 Å². The lowest BCUT2D eigenvalue weighted by molar-refractivity contribution is -0.117. The molecule has 1 amide bonds. The maximum atomic E-state index is 12.1. The molecule has 0 aromatic carbocycles. The highest BCUT2D eigenvalue weighted by Crippen LogP contribution is 2.43. The fourth-order valence-corrected chi connectivity index (χ4v) is 3.36. The third-order valence-corrected chi connectivity index (χ3v) is 4.91. The zero-order chi connectivity index (χ0) is 21.8. The van der Waals surface area contributed by atoms with Crippen molar-refractivity contribution < 1.29 is 38.6 Å². The number of H-pyrrole nitrogens is 1. The third kappa shape index (κ3) is 6.17. The van der Waals surface area contributed by atoms with Crippen molar-refractivity contribution in [2.75, 3.05) is 11.9 Å². The molecular weight excluding hydrogens is 481 g/mol. The molecule has 0 bridgehead atoms. The average molecular weight is 500 g/mol. The van der Waals surface area contributed by atoms with Gasteiger partial charge in [0, 0.05) is 18.0 Å². The van der Waals surface area contributed by atoms with Crippen LogP contribution in [0.3, 0.4) is 0 Å². The Bertz CT molecular complexity index is 925. The van der Waals surface area contributed by atoms with Crippen molar-refractivity contribution in [3.63, 3.8) is 0 Å². The fraction of sp³-hybridized carbons (Fsp3) is 0.500. The van der Waals surface area contributed by atoms with E-state index in [2.05, 4.69) is 25.8 Å². The summed E-state index contributed by atoms with van der Waals surface area (Å²) in [4.78, 5) is 55.2. The van der Waals surface area contributed by atoms with Crippen LogP contribution < -0.4 is 16.6 Å². The first-order valence-corrected chi connectivity index (χ1v) is 10.8. The number of halogens is 1. The van der Waals surface area contributed by atoms with Crippen molar-refractivity contribution >= 4 is 29.7 Å². The number of rotatable bonds is 8. The molecular formula is C14H19BrN3O10P. The number of alkyl halides is 1. The number of carbonyl (C=O) groups excluding carboxylic acids is 1. The SMILES string of the molecule is O=C(CBr)NC=CCc1cn(C2OC(CO)C(OP(=O)(O)O)C2O)c(=O)[nH]c1=O. The van der Waals surface area contributed by atoms with Gasteiger partial charge in [0.15, 0.2) is 6.23 Å². The number of aromatic amines is 1. The van der Waals surface area contributed by atoms with E-state index in [0.717, 1.165) is 10.8 Å². The number of hydrogen-bond acceptors (Lipinski definition) is 8. The van der Waals surface area contributed by atoms with Crippen LogP contribution in [-0.4, -0.2) is 65.7 Å². The van der Waals surface area contributed by atoms with Crippen molar-refractivity contribution in [1.82, 2.24) is 14.9 Å². The number of ether oxygens (including phenoxy) is 1. The Morgan fingerprint density at radius 2 is 2.14 bits per heavy atom. The quantitative estimate of drug-likeness (QED) is 0.169. The van der Waals surface area contributed by atoms with Crippen molar-refractivity contribution in [2.24, 2.45) is 0 Å². The predicted molar refractivity (Wildman–Crippen MR) is 100 cm³/mol. The lowest BCUT2D eigenvalue weighted by atomic mass is 10.1. The molecule has 2 heterocycles. The molecule has 1 aromatic heterocycles. The van der Waals surface area contributed by atoms with Crippen molar-refractivity contribution in [3.05, 3.63) is 44.9 Å². The molecule has 0 saturated carbocycles. The normalized spacial score (nSPS) is 24.9. The van der Waals surface area contributed by atoms with E-state index in [4.69, 9.17) is 14.5 Å². The number of aliphatic hydroxyl groups is 2. The molecule has 1 fully saturated rings. The minimum atomic E-state index is -5.02. The zero-order valence-corrected chi connectivity index (χ0v) is 17.2. The summed E-state index contributed by atoms with van der Waals surface area (Å²) < 4.78 is 21.7. The molecule has 6 N–H and O–H groups in total. The summed E-state index contributed by atoms with van der Waals surface area (Å²) in [7, 11) is -5.02. The Morgan fingerprint density at radius 1 is 1.45 bits per heavy atom. The lowest BCUT2D eigenvalue weighted by Gasteiger charge is -2.20. The van der Waals surface area contributed by atoms with Gasteiger partial charge in [-0.3, -0.25) is 23.7 Å². The van der Waals surface area contributed by atoms with Gasteiger partial charge in [-0.15, -0.1) is 0 Å². The van der Waals surface area contributed by atoms with E-state index in [-0.39, 0.29) is 23.2 Å². The number of amides is 1. The monoisotopic (exact) mass is 499 g/mol. The summed E-state index contributed by atoms with van der Waals surface area (Å²) in [6.07, 6.45) is -2.30. The molecule has 1 saturated heterocycles. The number of hydrogen-bond donors (Lipinski definition) is 6. The summed E-state index contributed by atoms with van der Waals surface area (Å²) >= 11 is 2.96. The highest BCUT2D eigenvalue weighted by Gasteiger charge is 2.48. The summed E-state index contributed by atoms with van der Waals surface area (Å²) in [5, 5.41) is 22.2. The Hall–Kier alpha value is -1.64. The molecule has 4 atom stereocenters. The molecule has 0 spiro atoms. The van der Waals surface area contributed by atoms with E-state index in [0.29, 0.717) is 0 Å². The van der Waals surface area contributed by atoms with E-state index in [1.807, 2.05) is 4.98 Å². The van der Waals surface area contributed by atoms with Gasteiger partial charge in [-0.1, -0.05) is 22.0 Å². The van der Waals surface area contributed by atoms with Gasteiger partial charge in [-0.05, 0) is 6.42 Å². The van der Waals surface area contributed by atoms with E-state index in [9.17, 15) is 29.2 Å². The molecule has 13 nitrogen and oxygen atoms in total. The highest BCUT2D eigenvalue weighted by atomic mass is 79.9. The predicted octanol–water partition coefficient (Wildman–Crippen LogP) is -2.17. The smallest absolute Gasteiger partial charge is 0.394 e. The maximum absolute atomic E-state index is 12.1. The van der Waals surface area contributed by atoms with E-state index >= 15 is 0 Å². The largest absolute Gasteiger partial charge is 0.470 e. The van der Waals surface area contributed by atoms with Crippen LogP contribution in [0.1, 0.15) is 11.8 Å². The number of phosphoric acid groups is 1. The average Bonchev–Trinajstić information content (AvgIpc) is 2.94. The minimum absolute atomic E-state index is 0.00678. The highest BCUT2D eigenvalue weighted by molar-refractivity contribution is 9.09. The van der Waals surface area contributed by atoms with Gasteiger partial charge >= 0.3 is 13.5 Å². The second kappa shape index (κ2) is 9.91. The zero-order valence-electron chi connectivity index (χ0n) is 14.7. The maximum Gasteiger partial charge on any atom is 0.470 e. The number of phosphoric ester groups is 1. The van der Waals surface area contributed by atoms with Crippen LogP contribution >= 0.6 is 23.8 Å². The van der Waals surface area contributed by atoms with Crippen LogP contribution in [-0.2, 0) is 25.0 Å². The molecule has 0 radical (unpaired) electrons. The number of carbonyl (C=O) groups is 1. The summed E-state index contributed by atoms with van der Waals surface area (Å²) in [6.45, 7) is -0.751. The molecule has 2 rings (SSSR count). The van der Waals surface area contributed by atoms with Gasteiger partial charge in [-0.25, -0.2) is 9.36 Å². The van der Waals surface area contributed by atoms with Crippen LogP contribution in [0.4, 0.5) is 0 Å². The molecule has 1 aliphatic rings. The minimum Gasteiger partial charge on any atom is -0.394 e. The first-order valence-electron chi connectivity index (χ1n) is 8.10. The van der Waals surface area contributed by atoms with E-state index in [1.54, 1.807) is 0 Å². The van der Waals surface area contributed by atoms with Crippen LogP contribution in [0.5, 0.6) is 0 Å². The van der Waals surface area contributed by atoms with Crippen molar-refractivity contribution in [2.45, 2.75) is 31.0 Å². The summed E-state index contributed by atoms with van der Waals surface area (Å²) in [5.74, 6) is -0.311. The topological polar surface area (TPSA) is 200 Å². The van der Waals surface area contributed by atoms with E-state index in [1.165, 1.54) is 12.3 Å². The molecule has 1 aliphatic heterocycles. The Morgan fingerprint density at radius 3 is 2.72 bits per heavy atom. The van der Waals surface area contributed by atoms with Crippen LogP contribution in [0.2, 0.25) is 0 Å². The summed E-state index contributed by atoms with van der Waals surface area (Å²) in [5.41, 5.74) is -1.59. The fourth-order valence-electron chi connectivity index (χ4n) is 2.62. The summed E-state index contributed by atoms with van der Waals surface area (Å²) in [6, 6.07) is 0. The van der Waals surface area contributed by atoms with Crippen LogP contribution in [0.15, 0.2) is 28.1 Å². The van der Waals surface area contributed by atoms with Crippen LogP contribution in [0, 0.1) is 0 Å². The van der Waals surface area contributed by atoms with E-state index < -0.39 is 50.2 Å². The first-order chi connectivity index (χ1) is 13.6. The first kappa shape index (κ1) is 23.6. The molecule has 29 heavy (non-hydrogen) atoms. The number of aromatic nitrogens is 2. The van der Waals surface area contributed by atoms with Gasteiger partial charge in [0.2, 0.25) is 5.91 Å². The standard InChI is InChI=1S/C14H19BrN3O10P/c15-4-9(20)16-3-1-2-7-5-18(14(23)17-12(7)22)13-10(21)11(8(6-19)27-13)28-29(24,25)26/h1,3,5,8,10-11,13,19,21H,2,4,6H2,(H,16,20)(H,17,22,23)(H2,24,25,26). The number of allylic oxidation sites excluding steroid dienone is 1. The number of aliphatic hydroxyl groups excluding tert-OH is 2. The number of nitrogens with zero attached hydrogens (tertiary/aromatic N) is 1. The second-order valence-corrected chi connectivity index (χ2v) is 7.68. The van der Waals surface area contributed by atoms with Gasteiger partial charge in [0.05, 0.1) is 11.9 Å². The molecule has 15 heteroatoms. The molecule has 4 unspecified atom stereocenters. The van der Waals surface area contributed by atoms with Gasteiger partial charge in [0.25, 0.3) is 5.56 Å². The van der Waals surface area contributed by atoms with Gasteiger partial charge in [-0.2, -0.15) is 0 Å². The Balaban J connectivity index is 2.27. The Kier molecular flexibility index (Phi) is 8.08. The second-order valence-electron chi connectivity index (χ2n) is 5.93. The van der Waals surface area contributed by atoms with Gasteiger partial charge in [0.1, 0.15) is 18.3 Å². The molecule has 0 aliphatic carbocycles. The van der Waals surface area contributed by atoms with Crippen molar-refractivity contribution in [1.29, 1.82) is 0 Å².